The molecule has 9 heteroatoms. The Kier molecular flexibility index (Phi) is 7.84. The molecule has 0 aliphatic carbocycles. The molecule has 208 valence electrons. The van der Waals surface area contributed by atoms with Crippen LogP contribution in [0.25, 0.3) is 11.1 Å². The quantitative estimate of drug-likeness (QED) is 0.496. The number of fused-ring (bicyclic) bond motifs is 1. The van der Waals surface area contributed by atoms with E-state index in [4.69, 9.17) is 5.73 Å². The van der Waals surface area contributed by atoms with Gasteiger partial charge in [-0.2, -0.15) is 0 Å². The van der Waals surface area contributed by atoms with Gasteiger partial charge in [-0.1, -0.05) is 18.2 Å². The maximum Gasteiger partial charge on any atom is 0.256 e. The van der Waals surface area contributed by atoms with E-state index in [1.165, 1.54) is 0 Å². The number of aromatic nitrogens is 1. The van der Waals surface area contributed by atoms with Crippen molar-refractivity contribution in [2.75, 3.05) is 44.4 Å². The molecule has 0 radical (unpaired) electrons. The van der Waals surface area contributed by atoms with E-state index < -0.39 is 6.04 Å². The van der Waals surface area contributed by atoms with Crippen molar-refractivity contribution in [2.45, 2.75) is 32.4 Å². The standard InChI is InChI=1S/C31H36N6O3/c1-20-30(39)36(3)27-16-23(24-9-12-33-28(32)17-24)7-8-26(27)31(40)37(20)19-22-5-4-6-25(15-22)29(38)34-18-21-10-13-35(2)14-11-21/h4-9,12,15-17,20-21H,10-11,13-14,18-19H2,1-3H3,(H2,32,33)(H,34,38)/t20-/m1/s1. The molecule has 2 aromatic carbocycles. The lowest BCUT2D eigenvalue weighted by Crippen LogP contribution is -2.45. The molecular formula is C31H36N6O3. The van der Waals surface area contributed by atoms with Gasteiger partial charge in [0.05, 0.1) is 11.3 Å². The number of pyridine rings is 1. The summed E-state index contributed by atoms with van der Waals surface area (Å²) >= 11 is 0. The monoisotopic (exact) mass is 540 g/mol. The molecule has 1 aromatic heterocycles. The molecule has 1 atom stereocenters. The first-order valence-corrected chi connectivity index (χ1v) is 13.7. The van der Waals surface area contributed by atoms with E-state index in [9.17, 15) is 14.4 Å². The molecule has 2 aliphatic rings. The van der Waals surface area contributed by atoms with Crippen molar-refractivity contribution in [1.29, 1.82) is 0 Å². The van der Waals surface area contributed by atoms with Crippen molar-refractivity contribution in [3.05, 3.63) is 77.5 Å². The van der Waals surface area contributed by atoms with Crippen LogP contribution in [0.3, 0.4) is 0 Å². The highest BCUT2D eigenvalue weighted by Crippen LogP contribution is 2.33. The summed E-state index contributed by atoms with van der Waals surface area (Å²) in [6.45, 7) is 4.71. The molecule has 9 nitrogen and oxygen atoms in total. The van der Waals surface area contributed by atoms with Crippen molar-refractivity contribution in [2.24, 2.45) is 5.92 Å². The first-order chi connectivity index (χ1) is 19.2. The number of nitrogens with zero attached hydrogens (tertiary/aromatic N) is 4. The topological polar surface area (TPSA) is 112 Å². The number of likely N-dealkylation sites (tertiary alicyclic amines) is 1. The molecule has 3 heterocycles. The molecule has 3 aromatic rings. The van der Waals surface area contributed by atoms with Crippen LogP contribution < -0.4 is 16.0 Å². The summed E-state index contributed by atoms with van der Waals surface area (Å²) in [4.78, 5) is 49.6. The van der Waals surface area contributed by atoms with Gasteiger partial charge >= 0.3 is 0 Å². The summed E-state index contributed by atoms with van der Waals surface area (Å²) in [7, 11) is 3.81. The number of nitrogen functional groups attached to an aromatic ring is 1. The van der Waals surface area contributed by atoms with Gasteiger partial charge in [0.1, 0.15) is 11.9 Å². The Bertz CT molecular complexity index is 1430. The lowest BCUT2D eigenvalue weighted by atomic mass is 9.97. The van der Waals surface area contributed by atoms with E-state index >= 15 is 0 Å². The Morgan fingerprint density at radius 3 is 2.52 bits per heavy atom. The van der Waals surface area contributed by atoms with Crippen LogP contribution in [-0.4, -0.2) is 72.3 Å². The van der Waals surface area contributed by atoms with Crippen LogP contribution in [0.15, 0.2) is 60.8 Å². The third kappa shape index (κ3) is 5.70. The highest BCUT2D eigenvalue weighted by atomic mass is 16.2. The highest BCUT2D eigenvalue weighted by Gasteiger charge is 2.36. The summed E-state index contributed by atoms with van der Waals surface area (Å²) in [5.74, 6) is 0.328. The van der Waals surface area contributed by atoms with Crippen LogP contribution >= 0.6 is 0 Å². The summed E-state index contributed by atoms with van der Waals surface area (Å²) in [5, 5.41) is 3.08. The highest BCUT2D eigenvalue weighted by molar-refractivity contribution is 6.11. The second kappa shape index (κ2) is 11.5. The number of carbonyl (C=O) groups is 3. The zero-order chi connectivity index (χ0) is 28.4. The number of carbonyl (C=O) groups excluding carboxylic acids is 3. The van der Waals surface area contributed by atoms with E-state index in [-0.39, 0.29) is 24.3 Å². The fourth-order valence-electron chi connectivity index (χ4n) is 5.48. The fraction of sp³-hybridized carbons (Fsp3) is 0.355. The number of likely N-dealkylation sites (N-methyl/N-ethyl adjacent to an activating group) is 1. The van der Waals surface area contributed by atoms with Gasteiger partial charge in [-0.15, -0.1) is 0 Å². The van der Waals surface area contributed by atoms with Crippen LogP contribution in [0, 0.1) is 5.92 Å². The SMILES string of the molecule is C[C@@H]1C(=O)N(C)c2cc(-c3ccnc(N)c3)ccc2C(=O)N1Cc1cccc(C(=O)NCC2CCN(C)CC2)c1. The van der Waals surface area contributed by atoms with Gasteiger partial charge in [0.15, 0.2) is 0 Å². The Hall–Kier alpha value is -4.24. The molecule has 3 amide bonds. The Morgan fingerprint density at radius 2 is 1.77 bits per heavy atom. The maximum atomic E-state index is 13.8. The number of hydrogen-bond acceptors (Lipinski definition) is 6. The largest absolute Gasteiger partial charge is 0.384 e. The summed E-state index contributed by atoms with van der Waals surface area (Å²) < 4.78 is 0. The molecule has 3 N–H and O–H groups in total. The van der Waals surface area contributed by atoms with E-state index in [2.05, 4.69) is 22.2 Å². The van der Waals surface area contributed by atoms with Crippen LogP contribution in [0.5, 0.6) is 0 Å². The first-order valence-electron chi connectivity index (χ1n) is 13.7. The minimum Gasteiger partial charge on any atom is -0.384 e. The molecule has 0 spiro atoms. The molecule has 1 fully saturated rings. The molecule has 1 saturated heterocycles. The number of anilines is 2. The smallest absolute Gasteiger partial charge is 0.256 e. The zero-order valence-electron chi connectivity index (χ0n) is 23.3. The lowest BCUT2D eigenvalue weighted by Gasteiger charge is -2.29. The Morgan fingerprint density at radius 1 is 1.02 bits per heavy atom. The molecule has 5 rings (SSSR count). The average molecular weight is 541 g/mol. The van der Waals surface area contributed by atoms with Crippen molar-refractivity contribution in [3.8, 4) is 11.1 Å². The second-order valence-corrected chi connectivity index (χ2v) is 10.9. The van der Waals surface area contributed by atoms with Gasteiger partial charge < -0.3 is 25.8 Å². The van der Waals surface area contributed by atoms with Crippen molar-refractivity contribution in [1.82, 2.24) is 20.1 Å². The van der Waals surface area contributed by atoms with Gasteiger partial charge in [0, 0.05) is 31.9 Å². The molecule has 2 aliphatic heterocycles. The number of benzene rings is 2. The molecular weight excluding hydrogens is 504 g/mol. The van der Waals surface area contributed by atoms with Crippen molar-refractivity contribution < 1.29 is 14.4 Å². The predicted octanol–water partition coefficient (Wildman–Crippen LogP) is 3.41. The van der Waals surface area contributed by atoms with Crippen molar-refractivity contribution in [3.63, 3.8) is 0 Å². The minimum absolute atomic E-state index is 0.124. The van der Waals surface area contributed by atoms with E-state index in [0.717, 1.165) is 42.6 Å². The summed E-state index contributed by atoms with van der Waals surface area (Å²) in [5.41, 5.74) is 9.86. The normalized spacial score (nSPS) is 18.4. The van der Waals surface area contributed by atoms with Gasteiger partial charge in [-0.3, -0.25) is 14.4 Å². The lowest BCUT2D eigenvalue weighted by molar-refractivity contribution is -0.122. The van der Waals surface area contributed by atoms with Crippen LogP contribution in [-0.2, 0) is 11.3 Å². The first kappa shape index (κ1) is 27.3. The number of rotatable bonds is 6. The number of amides is 3. The summed E-state index contributed by atoms with van der Waals surface area (Å²) in [6.07, 6.45) is 3.78. The third-order valence-corrected chi connectivity index (χ3v) is 8.05. The van der Waals surface area contributed by atoms with Gasteiger partial charge in [0.2, 0.25) is 5.91 Å². The third-order valence-electron chi connectivity index (χ3n) is 8.05. The second-order valence-electron chi connectivity index (χ2n) is 10.9. The Balaban J connectivity index is 1.35. The minimum atomic E-state index is -0.688. The number of nitrogens with two attached hydrogens (primary N) is 1. The average Bonchev–Trinajstić information content (AvgIpc) is 3.03. The predicted molar refractivity (Wildman–Crippen MR) is 156 cm³/mol. The number of hydrogen-bond donors (Lipinski definition) is 2. The van der Waals surface area contributed by atoms with Gasteiger partial charge in [0.25, 0.3) is 11.8 Å². The van der Waals surface area contributed by atoms with Crippen LogP contribution in [0.2, 0.25) is 0 Å². The van der Waals surface area contributed by atoms with Gasteiger partial charge in [-0.25, -0.2) is 4.98 Å². The van der Waals surface area contributed by atoms with Crippen molar-refractivity contribution >= 4 is 29.2 Å². The Labute approximate surface area is 235 Å². The van der Waals surface area contributed by atoms with Crippen LogP contribution in [0.1, 0.15) is 46.0 Å². The molecule has 40 heavy (non-hydrogen) atoms. The summed E-state index contributed by atoms with van der Waals surface area (Å²) in [6, 6.07) is 15.6. The fourth-order valence-corrected chi connectivity index (χ4v) is 5.48. The molecule has 0 saturated carbocycles. The number of piperidine rings is 1. The molecule has 0 bridgehead atoms. The van der Waals surface area contributed by atoms with E-state index in [1.54, 1.807) is 54.2 Å². The molecule has 0 unspecified atom stereocenters. The van der Waals surface area contributed by atoms with E-state index in [1.807, 2.05) is 30.3 Å². The van der Waals surface area contributed by atoms with Crippen LogP contribution in [0.4, 0.5) is 11.5 Å². The van der Waals surface area contributed by atoms with E-state index in [0.29, 0.717) is 35.1 Å². The van der Waals surface area contributed by atoms with Gasteiger partial charge in [-0.05, 0) is 98.9 Å². The maximum absolute atomic E-state index is 13.8. The zero-order valence-corrected chi connectivity index (χ0v) is 23.3. The number of nitrogens with one attached hydrogen (secondary N) is 1.